The molecule has 5 nitrogen and oxygen atoms in total. The van der Waals surface area contributed by atoms with Gasteiger partial charge in [0.15, 0.2) is 5.60 Å². The first-order valence-corrected chi connectivity index (χ1v) is 9.70. The Hall–Kier alpha value is -1.62. The maximum absolute atomic E-state index is 12.0. The highest BCUT2D eigenvalue weighted by atomic mass is 16.8. The van der Waals surface area contributed by atoms with Gasteiger partial charge in [-0.3, -0.25) is 0 Å². The zero-order chi connectivity index (χ0) is 18.6. The molecule has 7 atom stereocenters. The van der Waals surface area contributed by atoms with Crippen LogP contribution in [-0.2, 0) is 23.8 Å². The summed E-state index contributed by atoms with van der Waals surface area (Å²) in [6, 6.07) is 0. The van der Waals surface area contributed by atoms with Crippen molar-refractivity contribution in [3.8, 4) is 0 Å². The number of epoxide rings is 1. The van der Waals surface area contributed by atoms with Crippen LogP contribution in [-0.4, -0.2) is 30.4 Å². The molecule has 0 aromatic carbocycles. The second-order valence-electron chi connectivity index (χ2n) is 8.71. The third kappa shape index (κ3) is 2.72. The van der Waals surface area contributed by atoms with Gasteiger partial charge >= 0.3 is 11.9 Å². The Bertz CT molecular complexity index is 667. The van der Waals surface area contributed by atoms with Crippen molar-refractivity contribution < 1.29 is 23.8 Å². The minimum Gasteiger partial charge on any atom is -0.459 e. The van der Waals surface area contributed by atoms with Gasteiger partial charge in [-0.15, -0.1) is 0 Å². The molecule has 0 aromatic rings. The van der Waals surface area contributed by atoms with Crippen LogP contribution in [0.2, 0.25) is 0 Å². The van der Waals surface area contributed by atoms with Crippen LogP contribution in [0.15, 0.2) is 24.3 Å². The zero-order valence-electron chi connectivity index (χ0n) is 15.7. The van der Waals surface area contributed by atoms with Gasteiger partial charge in [0, 0.05) is 17.1 Å². The van der Waals surface area contributed by atoms with E-state index in [0.717, 1.165) is 24.2 Å². The van der Waals surface area contributed by atoms with Gasteiger partial charge in [0.25, 0.3) is 0 Å². The van der Waals surface area contributed by atoms with Crippen LogP contribution < -0.4 is 0 Å². The first-order chi connectivity index (χ1) is 12.3. The van der Waals surface area contributed by atoms with E-state index in [1.807, 2.05) is 0 Å². The number of rotatable bonds is 6. The van der Waals surface area contributed by atoms with E-state index in [-0.39, 0.29) is 12.5 Å². The maximum atomic E-state index is 12.0. The van der Waals surface area contributed by atoms with Gasteiger partial charge in [-0.1, -0.05) is 19.6 Å². The van der Waals surface area contributed by atoms with Gasteiger partial charge in [0.05, 0.1) is 0 Å². The largest absolute Gasteiger partial charge is 0.459 e. The summed E-state index contributed by atoms with van der Waals surface area (Å²) < 4.78 is 16.9. The first-order valence-electron chi connectivity index (χ1n) is 9.70. The Morgan fingerprint density at radius 3 is 2.42 bits per heavy atom. The maximum Gasteiger partial charge on any atom is 0.335 e. The number of hydrogen-bond acceptors (Lipinski definition) is 5. The monoisotopic (exact) mass is 360 g/mol. The van der Waals surface area contributed by atoms with Crippen molar-refractivity contribution in [1.29, 1.82) is 0 Å². The SMILES string of the molecule is C=C(C)C(=O)OCC1(C2CC3CC2C2CCCC32)OC1OC(=O)C(=C)C. The van der Waals surface area contributed by atoms with Crippen molar-refractivity contribution in [2.45, 2.75) is 57.8 Å². The van der Waals surface area contributed by atoms with Gasteiger partial charge in [-0.25, -0.2) is 9.59 Å². The number of fused-ring (bicyclic) bond motifs is 5. The smallest absolute Gasteiger partial charge is 0.335 e. The van der Waals surface area contributed by atoms with Crippen LogP contribution in [0.4, 0.5) is 0 Å². The second-order valence-corrected chi connectivity index (χ2v) is 8.71. The molecule has 4 aliphatic rings. The Kier molecular flexibility index (Phi) is 4.25. The molecule has 0 amide bonds. The average Bonchev–Trinajstić information content (AvgIpc) is 3.00. The molecule has 0 aromatic heterocycles. The predicted octanol–water partition coefficient (Wildman–Crippen LogP) is 3.39. The van der Waals surface area contributed by atoms with Crippen molar-refractivity contribution >= 4 is 11.9 Å². The summed E-state index contributed by atoms with van der Waals surface area (Å²) in [5.74, 6) is 2.36. The molecule has 7 unspecified atom stereocenters. The summed E-state index contributed by atoms with van der Waals surface area (Å²) in [6.07, 6.45) is 5.64. The second kappa shape index (κ2) is 6.22. The summed E-state index contributed by atoms with van der Waals surface area (Å²) in [5.41, 5.74) is 0.0145. The van der Waals surface area contributed by atoms with E-state index in [2.05, 4.69) is 13.2 Å². The van der Waals surface area contributed by atoms with E-state index < -0.39 is 23.8 Å². The number of ether oxygens (including phenoxy) is 3. The number of hydrogen-bond donors (Lipinski definition) is 0. The standard InChI is InChI=1S/C21H28O5/c1-11(2)18(22)24-10-21(20(26-21)25-19(23)12(3)4)17-9-13-8-16(17)15-7-5-6-14(13)15/h13-17,20H,1,3,5-10H2,2,4H3. The van der Waals surface area contributed by atoms with E-state index in [1.54, 1.807) is 13.8 Å². The normalized spacial score (nSPS) is 42.2. The molecular weight excluding hydrogens is 332 g/mol. The third-order valence-corrected chi connectivity index (χ3v) is 7.06. The Morgan fingerprint density at radius 1 is 1.04 bits per heavy atom. The highest BCUT2D eigenvalue weighted by Crippen LogP contribution is 2.66. The molecule has 0 radical (unpaired) electrons. The lowest BCUT2D eigenvalue weighted by atomic mass is 9.70. The zero-order valence-corrected chi connectivity index (χ0v) is 15.7. The number of esters is 2. The Labute approximate surface area is 154 Å². The fourth-order valence-corrected chi connectivity index (χ4v) is 5.89. The molecule has 0 N–H and O–H groups in total. The van der Waals surface area contributed by atoms with E-state index in [0.29, 0.717) is 17.1 Å². The summed E-state index contributed by atoms with van der Waals surface area (Å²) in [7, 11) is 0. The van der Waals surface area contributed by atoms with Crippen LogP contribution >= 0.6 is 0 Å². The minimum absolute atomic E-state index is 0.123. The van der Waals surface area contributed by atoms with Crippen molar-refractivity contribution in [1.82, 2.24) is 0 Å². The van der Waals surface area contributed by atoms with Gasteiger partial charge in [-0.05, 0) is 63.2 Å². The average molecular weight is 360 g/mol. The molecule has 26 heavy (non-hydrogen) atoms. The molecule has 3 aliphatic carbocycles. The molecule has 5 heteroatoms. The summed E-state index contributed by atoms with van der Waals surface area (Å²) in [6.45, 7) is 10.6. The fourth-order valence-electron chi connectivity index (χ4n) is 5.89. The topological polar surface area (TPSA) is 65.1 Å². The first kappa shape index (κ1) is 17.8. The number of carbonyl (C=O) groups excluding carboxylic acids is 2. The number of carbonyl (C=O) groups is 2. The highest BCUT2D eigenvalue weighted by Gasteiger charge is 2.71. The van der Waals surface area contributed by atoms with Crippen LogP contribution in [0.1, 0.15) is 46.0 Å². The lowest BCUT2D eigenvalue weighted by Gasteiger charge is -2.34. The van der Waals surface area contributed by atoms with E-state index in [9.17, 15) is 9.59 Å². The lowest BCUT2D eigenvalue weighted by Crippen LogP contribution is -2.41. The van der Waals surface area contributed by atoms with Gasteiger partial charge in [0.1, 0.15) is 6.61 Å². The quantitative estimate of drug-likeness (QED) is 0.413. The molecule has 142 valence electrons. The third-order valence-electron chi connectivity index (χ3n) is 7.06. The Morgan fingerprint density at radius 2 is 1.73 bits per heavy atom. The molecule has 0 spiro atoms. The van der Waals surface area contributed by atoms with Crippen molar-refractivity contribution in [3.63, 3.8) is 0 Å². The minimum atomic E-state index is -0.691. The molecule has 2 bridgehead atoms. The summed E-state index contributed by atoms with van der Waals surface area (Å²) >= 11 is 0. The predicted molar refractivity (Wildman–Crippen MR) is 94.8 cm³/mol. The molecule has 1 heterocycles. The van der Waals surface area contributed by atoms with Crippen molar-refractivity contribution in [2.75, 3.05) is 6.61 Å². The summed E-state index contributed by atoms with van der Waals surface area (Å²) in [4.78, 5) is 23.9. The van der Waals surface area contributed by atoms with Crippen LogP contribution in [0, 0.1) is 29.6 Å². The van der Waals surface area contributed by atoms with Crippen LogP contribution in [0.25, 0.3) is 0 Å². The van der Waals surface area contributed by atoms with Gasteiger partial charge in [0.2, 0.25) is 6.29 Å². The van der Waals surface area contributed by atoms with E-state index in [4.69, 9.17) is 14.2 Å². The highest BCUT2D eigenvalue weighted by molar-refractivity contribution is 5.87. The van der Waals surface area contributed by atoms with E-state index >= 15 is 0 Å². The molecule has 1 saturated heterocycles. The fraction of sp³-hybridized carbons (Fsp3) is 0.714. The van der Waals surface area contributed by atoms with Gasteiger partial charge < -0.3 is 14.2 Å². The molecule has 4 rings (SSSR count). The van der Waals surface area contributed by atoms with Gasteiger partial charge in [-0.2, -0.15) is 0 Å². The summed E-state index contributed by atoms with van der Waals surface area (Å²) in [5, 5.41) is 0. The van der Waals surface area contributed by atoms with Crippen LogP contribution in [0.5, 0.6) is 0 Å². The molecule has 4 fully saturated rings. The van der Waals surface area contributed by atoms with Crippen molar-refractivity contribution in [2.24, 2.45) is 29.6 Å². The molecule has 1 aliphatic heterocycles. The Balaban J connectivity index is 1.51. The van der Waals surface area contributed by atoms with E-state index in [1.165, 1.54) is 25.7 Å². The van der Waals surface area contributed by atoms with Crippen LogP contribution in [0.3, 0.4) is 0 Å². The molecular formula is C21H28O5. The lowest BCUT2D eigenvalue weighted by molar-refractivity contribution is -0.144. The van der Waals surface area contributed by atoms with Crippen molar-refractivity contribution in [3.05, 3.63) is 24.3 Å². The molecule has 3 saturated carbocycles.